The predicted molar refractivity (Wildman–Crippen MR) is 84.9 cm³/mol. The second-order valence-corrected chi connectivity index (χ2v) is 6.32. The molecule has 2 aromatic heterocycles. The molecule has 0 unspecified atom stereocenters. The molecule has 0 aliphatic heterocycles. The van der Waals surface area contributed by atoms with Gasteiger partial charge >= 0.3 is 0 Å². The number of aromatic nitrogens is 5. The summed E-state index contributed by atoms with van der Waals surface area (Å²) in [7, 11) is 0. The molecule has 3 aromatic rings. The van der Waals surface area contributed by atoms with Crippen molar-refractivity contribution in [1.29, 1.82) is 0 Å². The van der Waals surface area contributed by atoms with Crippen LogP contribution in [-0.2, 0) is 12.3 Å². The molecule has 0 radical (unpaired) electrons. The van der Waals surface area contributed by atoms with Crippen LogP contribution in [0.4, 0.5) is 5.69 Å². The highest BCUT2D eigenvalue weighted by atomic mass is 32.2. The first-order valence-corrected chi connectivity index (χ1v) is 7.85. The quantitative estimate of drug-likeness (QED) is 0.559. The van der Waals surface area contributed by atoms with Crippen LogP contribution in [0.5, 0.6) is 0 Å². The molecule has 2 heterocycles. The van der Waals surface area contributed by atoms with E-state index < -0.39 is 0 Å². The molecule has 0 bridgehead atoms. The lowest BCUT2D eigenvalue weighted by Gasteiger charge is -2.07. The van der Waals surface area contributed by atoms with E-state index in [4.69, 9.17) is 5.73 Å². The van der Waals surface area contributed by atoms with E-state index >= 15 is 0 Å². The van der Waals surface area contributed by atoms with Crippen molar-refractivity contribution < 1.29 is 0 Å². The monoisotopic (exact) mass is 302 g/mol. The second kappa shape index (κ2) is 5.77. The van der Waals surface area contributed by atoms with Crippen LogP contribution >= 0.6 is 11.8 Å². The number of anilines is 1. The molecule has 0 amide bonds. The van der Waals surface area contributed by atoms with Gasteiger partial charge in [-0.2, -0.15) is 5.10 Å². The summed E-state index contributed by atoms with van der Waals surface area (Å²) in [5.41, 5.74) is 8.40. The number of imidazole rings is 1. The summed E-state index contributed by atoms with van der Waals surface area (Å²) < 4.78 is 1.96. The van der Waals surface area contributed by atoms with E-state index in [1.165, 1.54) is 0 Å². The Morgan fingerprint density at radius 2 is 2.24 bits per heavy atom. The number of aromatic amines is 1. The Morgan fingerprint density at radius 1 is 1.38 bits per heavy atom. The highest BCUT2D eigenvalue weighted by Crippen LogP contribution is 2.23. The van der Waals surface area contributed by atoms with E-state index in [1.54, 1.807) is 18.1 Å². The van der Waals surface area contributed by atoms with Gasteiger partial charge in [0.2, 0.25) is 0 Å². The van der Waals surface area contributed by atoms with Crippen LogP contribution in [-0.4, -0.2) is 24.7 Å². The van der Waals surface area contributed by atoms with Gasteiger partial charge in [-0.05, 0) is 24.1 Å². The van der Waals surface area contributed by atoms with Crippen LogP contribution < -0.4 is 5.73 Å². The molecule has 0 spiro atoms. The number of thioether (sulfide) groups is 1. The molecule has 0 fully saturated rings. The Labute approximate surface area is 127 Å². The number of rotatable bonds is 5. The Hall–Kier alpha value is -2.02. The van der Waals surface area contributed by atoms with Crippen molar-refractivity contribution in [2.24, 2.45) is 5.92 Å². The van der Waals surface area contributed by atoms with Gasteiger partial charge in [0.15, 0.2) is 5.16 Å². The molecule has 0 saturated heterocycles. The summed E-state index contributed by atoms with van der Waals surface area (Å²) in [5, 5.41) is 5.14. The van der Waals surface area contributed by atoms with Crippen molar-refractivity contribution in [3.8, 4) is 0 Å². The zero-order valence-electron chi connectivity index (χ0n) is 12.1. The zero-order chi connectivity index (χ0) is 14.8. The van der Waals surface area contributed by atoms with Crippen LogP contribution in [0.15, 0.2) is 29.7 Å². The summed E-state index contributed by atoms with van der Waals surface area (Å²) >= 11 is 1.62. The van der Waals surface area contributed by atoms with Crippen molar-refractivity contribution in [1.82, 2.24) is 24.7 Å². The number of benzene rings is 1. The largest absolute Gasteiger partial charge is 0.399 e. The fourth-order valence-electron chi connectivity index (χ4n) is 2.10. The van der Waals surface area contributed by atoms with Gasteiger partial charge in [-0.1, -0.05) is 25.6 Å². The predicted octanol–water partition coefficient (Wildman–Crippen LogP) is 2.68. The van der Waals surface area contributed by atoms with Gasteiger partial charge in [-0.15, -0.1) is 0 Å². The second-order valence-electron chi connectivity index (χ2n) is 5.36. The fourth-order valence-corrected chi connectivity index (χ4v) is 2.94. The Balaban J connectivity index is 1.73. The van der Waals surface area contributed by atoms with Crippen LogP contribution in [0.25, 0.3) is 11.0 Å². The minimum Gasteiger partial charge on any atom is -0.399 e. The molecule has 3 N–H and O–H groups in total. The molecule has 1 aromatic carbocycles. The zero-order valence-corrected chi connectivity index (χ0v) is 12.9. The fraction of sp³-hybridized carbons (Fsp3) is 0.357. The molecular weight excluding hydrogens is 284 g/mol. The van der Waals surface area contributed by atoms with Crippen LogP contribution in [0, 0.1) is 5.92 Å². The molecule has 3 rings (SSSR count). The number of nitrogen functional groups attached to an aromatic ring is 1. The molecule has 110 valence electrons. The van der Waals surface area contributed by atoms with E-state index in [2.05, 4.69) is 33.9 Å². The third-order valence-electron chi connectivity index (χ3n) is 3.06. The molecule has 0 saturated carbocycles. The Morgan fingerprint density at radius 3 is 3.05 bits per heavy atom. The summed E-state index contributed by atoms with van der Waals surface area (Å²) in [6, 6.07) is 5.68. The van der Waals surface area contributed by atoms with E-state index in [0.29, 0.717) is 5.92 Å². The van der Waals surface area contributed by atoms with Gasteiger partial charge in [0.1, 0.15) is 12.2 Å². The minimum absolute atomic E-state index is 0.546. The van der Waals surface area contributed by atoms with E-state index in [-0.39, 0.29) is 0 Å². The number of nitrogens with two attached hydrogens (primary N) is 1. The van der Waals surface area contributed by atoms with Crippen molar-refractivity contribution in [2.45, 2.75) is 31.3 Å². The third kappa shape index (κ3) is 3.18. The third-order valence-corrected chi connectivity index (χ3v) is 3.93. The van der Waals surface area contributed by atoms with Gasteiger partial charge < -0.3 is 10.7 Å². The number of nitrogens with zero attached hydrogens (tertiary/aromatic N) is 4. The molecule has 0 aliphatic rings. The van der Waals surface area contributed by atoms with E-state index in [0.717, 1.165) is 40.0 Å². The maximum atomic E-state index is 5.77. The molecule has 7 heteroatoms. The number of nitrogens with one attached hydrogen (secondary N) is 1. The lowest BCUT2D eigenvalue weighted by Crippen LogP contribution is -2.09. The van der Waals surface area contributed by atoms with Gasteiger partial charge in [0.05, 0.1) is 16.8 Å². The average molecular weight is 302 g/mol. The van der Waals surface area contributed by atoms with Gasteiger partial charge in [0.25, 0.3) is 0 Å². The van der Waals surface area contributed by atoms with Crippen molar-refractivity contribution in [3.63, 3.8) is 0 Å². The minimum atomic E-state index is 0.546. The maximum absolute atomic E-state index is 5.77. The van der Waals surface area contributed by atoms with Gasteiger partial charge in [0, 0.05) is 12.2 Å². The number of fused-ring (bicyclic) bond motifs is 1. The Kier molecular flexibility index (Phi) is 3.83. The molecule has 21 heavy (non-hydrogen) atoms. The van der Waals surface area contributed by atoms with Crippen molar-refractivity contribution in [3.05, 3.63) is 30.4 Å². The first kappa shape index (κ1) is 13.9. The summed E-state index contributed by atoms with van der Waals surface area (Å²) in [6.07, 6.45) is 1.61. The molecular formula is C14H18N6S. The summed E-state index contributed by atoms with van der Waals surface area (Å²) in [5.74, 6) is 2.25. The summed E-state index contributed by atoms with van der Waals surface area (Å²) in [6.45, 7) is 5.22. The topological polar surface area (TPSA) is 85.4 Å². The van der Waals surface area contributed by atoms with Crippen molar-refractivity contribution in [2.75, 3.05) is 5.73 Å². The normalized spacial score (nSPS) is 11.6. The highest BCUT2D eigenvalue weighted by Gasteiger charge is 2.09. The van der Waals surface area contributed by atoms with Crippen LogP contribution in [0.1, 0.15) is 19.7 Å². The molecule has 6 nitrogen and oxygen atoms in total. The first-order valence-electron chi connectivity index (χ1n) is 6.86. The smallest absolute Gasteiger partial charge is 0.166 e. The van der Waals surface area contributed by atoms with E-state index in [9.17, 15) is 0 Å². The first-order chi connectivity index (χ1) is 10.1. The highest BCUT2D eigenvalue weighted by molar-refractivity contribution is 7.98. The lowest BCUT2D eigenvalue weighted by atomic mass is 10.2. The van der Waals surface area contributed by atoms with Gasteiger partial charge in [-0.3, -0.25) is 0 Å². The maximum Gasteiger partial charge on any atom is 0.166 e. The van der Waals surface area contributed by atoms with Crippen LogP contribution in [0.2, 0.25) is 0 Å². The van der Waals surface area contributed by atoms with Crippen molar-refractivity contribution >= 4 is 28.5 Å². The SMILES string of the molecule is CC(C)Cn1ncnc1CSc1nc2ccc(N)cc2[nH]1. The van der Waals surface area contributed by atoms with Crippen LogP contribution in [0.3, 0.4) is 0 Å². The number of hydrogen-bond donors (Lipinski definition) is 2. The average Bonchev–Trinajstić information content (AvgIpc) is 3.01. The van der Waals surface area contributed by atoms with E-state index in [1.807, 2.05) is 22.9 Å². The summed E-state index contributed by atoms with van der Waals surface area (Å²) in [4.78, 5) is 12.1. The molecule has 0 aliphatic carbocycles. The standard InChI is InChI=1S/C14H18N6S/c1-9(2)6-20-13(16-8-17-20)7-21-14-18-11-4-3-10(15)5-12(11)19-14/h3-5,8-9H,6-7,15H2,1-2H3,(H,18,19). The Bertz CT molecular complexity index is 745. The van der Waals surface area contributed by atoms with Gasteiger partial charge in [-0.25, -0.2) is 14.6 Å². The number of H-pyrrole nitrogens is 1. The number of hydrogen-bond acceptors (Lipinski definition) is 5. The molecule has 0 atom stereocenters. The lowest BCUT2D eigenvalue weighted by molar-refractivity contribution is 0.471.